The molecule has 0 saturated heterocycles. The van der Waals surface area contributed by atoms with Crippen molar-refractivity contribution in [1.82, 2.24) is 15.5 Å². The largest absolute Gasteiger partial charge is 0.496 e. The number of aromatic nitrogens is 2. The lowest BCUT2D eigenvalue weighted by Crippen LogP contribution is -2.29. The number of benzene rings is 2. The van der Waals surface area contributed by atoms with E-state index in [0.717, 1.165) is 11.5 Å². The highest BCUT2D eigenvalue weighted by molar-refractivity contribution is 7.99. The van der Waals surface area contributed by atoms with Gasteiger partial charge in [-0.3, -0.25) is 4.79 Å². The first-order valence-corrected chi connectivity index (χ1v) is 10.4. The van der Waals surface area contributed by atoms with E-state index in [0.29, 0.717) is 42.2 Å². The molecule has 1 amide bonds. The van der Waals surface area contributed by atoms with E-state index in [1.165, 1.54) is 11.8 Å². The number of nitrogens with one attached hydrogen (secondary N) is 1. The van der Waals surface area contributed by atoms with Crippen molar-refractivity contribution in [2.24, 2.45) is 0 Å². The third-order valence-electron chi connectivity index (χ3n) is 3.90. The highest BCUT2D eigenvalue weighted by Crippen LogP contribution is 2.30. The molecule has 158 valence electrons. The Morgan fingerprint density at radius 2 is 1.80 bits per heavy atom. The zero-order chi connectivity index (χ0) is 21.2. The number of methoxy groups -OCH3 is 1. The predicted octanol–water partition coefficient (Wildman–Crippen LogP) is 3.43. The fraction of sp³-hybridized carbons (Fsp3) is 0.286. The molecule has 1 aromatic heterocycles. The van der Waals surface area contributed by atoms with Crippen LogP contribution in [0, 0.1) is 0 Å². The van der Waals surface area contributed by atoms with Crippen LogP contribution in [0.2, 0.25) is 0 Å². The van der Waals surface area contributed by atoms with E-state index in [1.54, 1.807) is 7.11 Å². The second-order valence-corrected chi connectivity index (χ2v) is 6.89. The average Bonchev–Trinajstić information content (AvgIpc) is 3.25. The highest BCUT2D eigenvalue weighted by Gasteiger charge is 2.14. The first kappa shape index (κ1) is 21.5. The fourth-order valence-electron chi connectivity index (χ4n) is 2.53. The molecule has 0 atom stereocenters. The van der Waals surface area contributed by atoms with Gasteiger partial charge >= 0.3 is 0 Å². The molecular formula is C21H23N3O5S. The molecule has 8 nitrogen and oxygen atoms in total. The van der Waals surface area contributed by atoms with Crippen molar-refractivity contribution in [2.75, 3.05) is 32.6 Å². The molecule has 9 heteroatoms. The van der Waals surface area contributed by atoms with Crippen molar-refractivity contribution in [3.05, 3.63) is 48.5 Å². The number of para-hydroxylation sites is 1. The van der Waals surface area contributed by atoms with E-state index in [-0.39, 0.29) is 11.7 Å². The zero-order valence-corrected chi connectivity index (χ0v) is 17.6. The van der Waals surface area contributed by atoms with Gasteiger partial charge in [0.25, 0.3) is 11.1 Å². The van der Waals surface area contributed by atoms with Crippen LogP contribution in [0.15, 0.2) is 58.2 Å². The molecular weight excluding hydrogens is 406 g/mol. The van der Waals surface area contributed by atoms with Gasteiger partial charge in [0.2, 0.25) is 5.91 Å². The van der Waals surface area contributed by atoms with Gasteiger partial charge in [0, 0.05) is 0 Å². The maximum atomic E-state index is 12.0. The summed E-state index contributed by atoms with van der Waals surface area (Å²) in [5.74, 6) is 2.52. The number of ether oxygens (including phenoxy) is 3. The summed E-state index contributed by atoms with van der Waals surface area (Å²) in [4.78, 5) is 12.0. The second kappa shape index (κ2) is 11.1. The third-order valence-corrected chi connectivity index (χ3v) is 4.72. The monoisotopic (exact) mass is 429 g/mol. The van der Waals surface area contributed by atoms with Gasteiger partial charge in [-0.05, 0) is 43.3 Å². The summed E-state index contributed by atoms with van der Waals surface area (Å²) < 4.78 is 21.9. The number of carbonyl (C=O) groups excluding carboxylic acids is 1. The van der Waals surface area contributed by atoms with E-state index in [2.05, 4.69) is 15.5 Å². The molecule has 1 heterocycles. The van der Waals surface area contributed by atoms with Gasteiger partial charge in [0.1, 0.15) is 23.9 Å². The summed E-state index contributed by atoms with van der Waals surface area (Å²) >= 11 is 1.17. The van der Waals surface area contributed by atoms with Crippen molar-refractivity contribution >= 4 is 17.7 Å². The molecule has 0 radical (unpaired) electrons. The topological polar surface area (TPSA) is 95.7 Å². The summed E-state index contributed by atoms with van der Waals surface area (Å²) in [7, 11) is 1.58. The Bertz CT molecular complexity index is 946. The maximum absolute atomic E-state index is 12.0. The maximum Gasteiger partial charge on any atom is 0.277 e. The quantitative estimate of drug-likeness (QED) is 0.366. The molecule has 3 rings (SSSR count). The molecule has 0 aliphatic heterocycles. The van der Waals surface area contributed by atoms with Gasteiger partial charge in [-0.15, -0.1) is 10.2 Å². The highest BCUT2D eigenvalue weighted by atomic mass is 32.2. The first-order chi connectivity index (χ1) is 14.7. The van der Waals surface area contributed by atoms with Crippen LogP contribution >= 0.6 is 11.8 Å². The molecule has 0 unspecified atom stereocenters. The number of thioether (sulfide) groups is 1. The number of carbonyl (C=O) groups is 1. The van der Waals surface area contributed by atoms with Crippen LogP contribution < -0.4 is 19.5 Å². The number of nitrogens with zero attached hydrogens (tertiary/aromatic N) is 2. The SMILES string of the molecule is CCOc1ccc(OCCNC(=O)CSc2nnc(-c3ccccc3OC)o2)cc1. The average molecular weight is 429 g/mol. The number of hydrogen-bond donors (Lipinski definition) is 1. The van der Waals surface area contributed by atoms with Gasteiger partial charge in [-0.2, -0.15) is 0 Å². The Morgan fingerprint density at radius 1 is 1.07 bits per heavy atom. The van der Waals surface area contributed by atoms with E-state index < -0.39 is 0 Å². The van der Waals surface area contributed by atoms with Crippen LogP contribution in [-0.2, 0) is 4.79 Å². The minimum Gasteiger partial charge on any atom is -0.496 e. The minimum atomic E-state index is -0.146. The normalized spacial score (nSPS) is 10.5. The van der Waals surface area contributed by atoms with Crippen LogP contribution in [0.25, 0.3) is 11.5 Å². The molecule has 0 bridgehead atoms. The van der Waals surface area contributed by atoms with Gasteiger partial charge < -0.3 is 23.9 Å². The Kier molecular flexibility index (Phi) is 7.96. The number of hydrogen-bond acceptors (Lipinski definition) is 8. The molecule has 0 fully saturated rings. The lowest BCUT2D eigenvalue weighted by Gasteiger charge is -2.08. The molecule has 0 saturated carbocycles. The van der Waals surface area contributed by atoms with Crippen LogP contribution in [0.4, 0.5) is 0 Å². The zero-order valence-electron chi connectivity index (χ0n) is 16.8. The number of amides is 1. The van der Waals surface area contributed by atoms with Gasteiger partial charge in [-0.25, -0.2) is 0 Å². The molecule has 0 aliphatic rings. The van der Waals surface area contributed by atoms with Crippen molar-refractivity contribution in [3.8, 4) is 28.7 Å². The van der Waals surface area contributed by atoms with E-state index in [9.17, 15) is 4.79 Å². The Morgan fingerprint density at radius 3 is 2.53 bits per heavy atom. The summed E-state index contributed by atoms with van der Waals surface area (Å²) in [6.07, 6.45) is 0. The van der Waals surface area contributed by atoms with Crippen molar-refractivity contribution in [2.45, 2.75) is 12.1 Å². The summed E-state index contributed by atoms with van der Waals surface area (Å²) in [6, 6.07) is 14.7. The molecule has 3 aromatic rings. The Balaban J connectivity index is 1.38. The van der Waals surface area contributed by atoms with E-state index in [4.69, 9.17) is 18.6 Å². The smallest absolute Gasteiger partial charge is 0.277 e. The van der Waals surface area contributed by atoms with Crippen molar-refractivity contribution < 1.29 is 23.4 Å². The third kappa shape index (κ3) is 6.15. The fourth-order valence-corrected chi connectivity index (χ4v) is 3.13. The predicted molar refractivity (Wildman–Crippen MR) is 113 cm³/mol. The molecule has 0 spiro atoms. The molecule has 2 aromatic carbocycles. The first-order valence-electron chi connectivity index (χ1n) is 9.41. The van der Waals surface area contributed by atoms with Crippen LogP contribution in [0.5, 0.6) is 17.2 Å². The summed E-state index contributed by atoms with van der Waals surface area (Å²) in [6.45, 7) is 3.31. The molecule has 0 aliphatic carbocycles. The van der Waals surface area contributed by atoms with Gasteiger partial charge in [0.05, 0.1) is 31.6 Å². The molecule has 30 heavy (non-hydrogen) atoms. The second-order valence-electron chi connectivity index (χ2n) is 5.96. The van der Waals surface area contributed by atoms with Crippen molar-refractivity contribution in [1.29, 1.82) is 0 Å². The van der Waals surface area contributed by atoms with E-state index >= 15 is 0 Å². The van der Waals surface area contributed by atoms with Gasteiger partial charge in [0.15, 0.2) is 0 Å². The lowest BCUT2D eigenvalue weighted by molar-refractivity contribution is -0.118. The van der Waals surface area contributed by atoms with Crippen LogP contribution in [-0.4, -0.2) is 48.7 Å². The van der Waals surface area contributed by atoms with Crippen LogP contribution in [0.3, 0.4) is 0 Å². The van der Waals surface area contributed by atoms with Crippen molar-refractivity contribution in [3.63, 3.8) is 0 Å². The summed E-state index contributed by atoms with van der Waals surface area (Å²) in [5.41, 5.74) is 0.704. The lowest BCUT2D eigenvalue weighted by atomic mass is 10.2. The Hall–Kier alpha value is -3.20. The number of rotatable bonds is 11. The van der Waals surface area contributed by atoms with E-state index in [1.807, 2.05) is 55.5 Å². The molecule has 1 N–H and O–H groups in total. The summed E-state index contributed by atoms with van der Waals surface area (Å²) in [5, 5.41) is 11.1. The van der Waals surface area contributed by atoms with Crippen LogP contribution in [0.1, 0.15) is 6.92 Å². The standard InChI is InChI=1S/C21H23N3O5S/c1-3-27-15-8-10-16(11-9-15)28-13-12-22-19(25)14-30-21-24-23-20(29-21)17-6-4-5-7-18(17)26-2/h4-11H,3,12-14H2,1-2H3,(H,22,25). The van der Waals surface area contributed by atoms with Gasteiger partial charge in [-0.1, -0.05) is 23.9 Å². The minimum absolute atomic E-state index is 0.146. The Labute approximate surface area is 178 Å².